The van der Waals surface area contributed by atoms with Crippen LogP contribution in [0, 0.1) is 40.0 Å². The molecule has 0 saturated heterocycles. The van der Waals surface area contributed by atoms with E-state index in [-0.39, 0.29) is 23.9 Å². The summed E-state index contributed by atoms with van der Waals surface area (Å²) >= 11 is 0. The summed E-state index contributed by atoms with van der Waals surface area (Å²) in [5, 5.41) is 2.64. The molecule has 1 heterocycles. The Labute approximate surface area is 182 Å². The van der Waals surface area contributed by atoms with Gasteiger partial charge in [0.15, 0.2) is 17.6 Å². The van der Waals surface area contributed by atoms with Gasteiger partial charge in [-0.3, -0.25) is 10.6 Å². The molecular weight excluding hydrogens is 416 g/mol. The van der Waals surface area contributed by atoms with Crippen molar-refractivity contribution >= 4 is 27.1 Å². The number of benzene rings is 2. The van der Waals surface area contributed by atoms with E-state index in [0.29, 0.717) is 11.1 Å². The number of nitrogens with one attached hydrogen (secondary N) is 1. The van der Waals surface area contributed by atoms with Crippen LogP contribution in [0.25, 0.3) is 11.0 Å². The van der Waals surface area contributed by atoms with Gasteiger partial charge in [0.25, 0.3) is 11.7 Å². The van der Waals surface area contributed by atoms with Crippen LogP contribution < -0.4 is 15.7 Å². The molecule has 1 amide bonds. The molecule has 0 aliphatic carbocycles. The van der Waals surface area contributed by atoms with Gasteiger partial charge in [0, 0.05) is 6.92 Å². The first kappa shape index (κ1) is 23.9. The van der Waals surface area contributed by atoms with E-state index in [0.717, 1.165) is 22.4 Å². The second kappa shape index (κ2) is 9.64. The number of amides is 1. The number of terminal acetylenes is 1. The first-order valence-electron chi connectivity index (χ1n) is 9.46. The number of carbonyl (C=O) groups excluding carboxylic acids is 1. The Bertz CT molecular complexity index is 1250. The molecule has 0 aliphatic rings. The average Bonchev–Trinajstić information content (AvgIpc) is 2.90. The van der Waals surface area contributed by atoms with Crippen molar-refractivity contribution in [1.82, 2.24) is 9.99 Å². The zero-order valence-electron chi connectivity index (χ0n) is 18.0. The number of imidazole rings is 1. The van der Waals surface area contributed by atoms with Crippen molar-refractivity contribution in [2.45, 2.75) is 39.1 Å². The van der Waals surface area contributed by atoms with Gasteiger partial charge in [0.1, 0.15) is 10.1 Å². The Morgan fingerprint density at radius 3 is 2.32 bits per heavy atom. The maximum absolute atomic E-state index is 11.7. The minimum atomic E-state index is -4.33. The number of nitrogen functional groups attached to an aromatic ring is 1. The summed E-state index contributed by atoms with van der Waals surface area (Å²) in [7, 11) is -4.33. The second-order valence-electron chi connectivity index (χ2n) is 7.15. The van der Waals surface area contributed by atoms with Crippen molar-refractivity contribution in [2.75, 3.05) is 12.4 Å². The highest BCUT2D eigenvalue weighted by Crippen LogP contribution is 2.20. The minimum absolute atomic E-state index is 0.0851. The van der Waals surface area contributed by atoms with Crippen LogP contribution in [0.4, 0.5) is 0 Å². The lowest BCUT2D eigenvalue weighted by molar-refractivity contribution is -0.665. The lowest BCUT2D eigenvalue weighted by atomic mass is 10.1. The maximum atomic E-state index is 11.7. The fraction of sp³-hybridized carbons (Fsp3) is 0.273. The molecule has 3 aromatic rings. The Kier molecular flexibility index (Phi) is 7.44. The zero-order valence-corrected chi connectivity index (χ0v) is 18.8. The molecule has 2 aromatic carbocycles. The molecule has 1 aromatic heterocycles. The van der Waals surface area contributed by atoms with Crippen LogP contribution in [-0.2, 0) is 21.5 Å². The fourth-order valence-electron chi connectivity index (χ4n) is 3.48. The van der Waals surface area contributed by atoms with Crippen LogP contribution in [0.5, 0.6) is 0 Å². The van der Waals surface area contributed by atoms with E-state index in [1.165, 1.54) is 0 Å². The Morgan fingerprint density at radius 1 is 1.19 bits per heavy atom. The highest BCUT2D eigenvalue weighted by molar-refractivity contribution is 7.85. The van der Waals surface area contributed by atoms with Crippen molar-refractivity contribution in [1.29, 1.82) is 0 Å². The zero-order chi connectivity index (χ0) is 23.3. The number of rotatable bonds is 4. The van der Waals surface area contributed by atoms with Gasteiger partial charge in [-0.25, -0.2) is 13.0 Å². The first-order chi connectivity index (χ1) is 14.5. The molecule has 8 nitrogen and oxygen atoms in total. The molecule has 31 heavy (non-hydrogen) atoms. The largest absolute Gasteiger partial charge is 0.744 e. The number of hydrogen-bond donors (Lipinski definition) is 2. The summed E-state index contributed by atoms with van der Waals surface area (Å²) in [5.41, 5.74) is 3.82. The molecule has 164 valence electrons. The van der Waals surface area contributed by atoms with Gasteiger partial charge in [0.2, 0.25) is 0 Å². The number of carbonyl (C=O) groups is 1. The normalized spacial score (nSPS) is 10.8. The standard InChI is InChI=1S/C13H14N4O.C9H12O3S/c1-3-8-15-13(18)9-16-10(2)17(14)12-7-5-4-6-11(12)16;1-6-4-7(2)9(8(3)5-6)13(10,11)12/h1,4-7H,8-9,14H2,2H3;4-5H,1-3H3,(H,10,11,12). The molecule has 0 aliphatic heterocycles. The number of hydrogen-bond acceptors (Lipinski definition) is 5. The number of fused-ring (bicyclic) bond motifs is 1. The molecule has 0 atom stereocenters. The van der Waals surface area contributed by atoms with Crippen molar-refractivity contribution in [2.24, 2.45) is 0 Å². The van der Waals surface area contributed by atoms with E-state index in [2.05, 4.69) is 11.2 Å². The first-order valence-corrected chi connectivity index (χ1v) is 10.9. The lowest BCUT2D eigenvalue weighted by Crippen LogP contribution is -2.45. The van der Waals surface area contributed by atoms with Crippen molar-refractivity contribution < 1.29 is 22.3 Å². The molecule has 0 unspecified atom stereocenters. The molecule has 0 radical (unpaired) electrons. The molecule has 0 saturated carbocycles. The molecular formula is C22H26N4O4S. The summed E-state index contributed by atoms with van der Waals surface area (Å²) in [6.45, 7) is 7.43. The van der Waals surface area contributed by atoms with Crippen molar-refractivity contribution in [3.63, 3.8) is 0 Å². The number of nitrogens with two attached hydrogens (primary N) is 1. The lowest BCUT2D eigenvalue weighted by Gasteiger charge is -2.14. The number of aromatic nitrogens is 2. The van der Waals surface area contributed by atoms with Crippen molar-refractivity contribution in [3.8, 4) is 12.3 Å². The van der Waals surface area contributed by atoms with E-state index >= 15 is 0 Å². The number of para-hydroxylation sites is 2. The summed E-state index contributed by atoms with van der Waals surface area (Å²) in [6.07, 6.45) is 5.10. The van der Waals surface area contributed by atoms with E-state index < -0.39 is 10.1 Å². The van der Waals surface area contributed by atoms with Gasteiger partial charge < -0.3 is 9.87 Å². The Hall–Kier alpha value is -3.35. The minimum Gasteiger partial charge on any atom is -0.744 e. The van der Waals surface area contributed by atoms with Gasteiger partial charge in [0.05, 0.1) is 11.4 Å². The highest BCUT2D eigenvalue weighted by atomic mass is 32.2. The second-order valence-corrected chi connectivity index (χ2v) is 8.47. The van der Waals surface area contributed by atoms with Crippen LogP contribution in [0.1, 0.15) is 22.5 Å². The van der Waals surface area contributed by atoms with Crippen LogP contribution in [0.3, 0.4) is 0 Å². The van der Waals surface area contributed by atoms with Gasteiger partial charge >= 0.3 is 0 Å². The summed E-state index contributed by atoms with van der Waals surface area (Å²) in [5.74, 6) is 9.00. The third kappa shape index (κ3) is 5.63. The van der Waals surface area contributed by atoms with Gasteiger partial charge in [-0.05, 0) is 44.0 Å². The van der Waals surface area contributed by atoms with Gasteiger partial charge in [-0.1, -0.05) is 35.7 Å². The van der Waals surface area contributed by atoms with Crippen LogP contribution in [0.2, 0.25) is 0 Å². The molecule has 0 fully saturated rings. The predicted octanol–water partition coefficient (Wildman–Crippen LogP) is 1.22. The number of aryl methyl sites for hydroxylation is 3. The third-order valence-corrected chi connectivity index (χ3v) is 5.86. The van der Waals surface area contributed by atoms with E-state index in [1.807, 2.05) is 42.7 Å². The summed E-state index contributed by atoms with van der Waals surface area (Å²) < 4.78 is 35.9. The monoisotopic (exact) mass is 442 g/mol. The summed E-state index contributed by atoms with van der Waals surface area (Å²) in [6, 6.07) is 11.1. The average molecular weight is 443 g/mol. The molecule has 3 N–H and O–H groups in total. The molecule has 0 spiro atoms. The van der Waals surface area contributed by atoms with Gasteiger partial charge in [-0.15, -0.1) is 11.1 Å². The SMILES string of the molecule is C#CCNC(=O)C[n+]1c(C)n(N)c2ccccc21.Cc1cc(C)c(S(=O)(=O)[O-])c(C)c1. The third-order valence-electron chi connectivity index (χ3n) is 4.72. The van der Waals surface area contributed by atoms with Crippen LogP contribution >= 0.6 is 0 Å². The molecule has 0 bridgehead atoms. The predicted molar refractivity (Wildman–Crippen MR) is 117 cm³/mol. The van der Waals surface area contributed by atoms with Gasteiger partial charge in [-0.2, -0.15) is 0 Å². The highest BCUT2D eigenvalue weighted by Gasteiger charge is 2.21. The Balaban J connectivity index is 0.000000233. The topological polar surface area (TPSA) is 121 Å². The fourth-order valence-corrected chi connectivity index (χ4v) is 4.39. The molecule has 3 rings (SSSR count). The summed E-state index contributed by atoms with van der Waals surface area (Å²) in [4.78, 5) is 11.6. The number of nitrogens with zero attached hydrogens (tertiary/aromatic N) is 2. The van der Waals surface area contributed by atoms with E-state index in [1.54, 1.807) is 30.7 Å². The van der Waals surface area contributed by atoms with Crippen molar-refractivity contribution in [3.05, 3.63) is 58.9 Å². The van der Waals surface area contributed by atoms with E-state index in [9.17, 15) is 17.8 Å². The van der Waals surface area contributed by atoms with E-state index in [4.69, 9.17) is 12.3 Å². The quantitative estimate of drug-likeness (QED) is 0.272. The van der Waals surface area contributed by atoms with Crippen LogP contribution in [-0.4, -0.2) is 30.1 Å². The Morgan fingerprint density at radius 2 is 1.77 bits per heavy atom. The smallest absolute Gasteiger partial charge is 0.277 e. The van der Waals surface area contributed by atoms with Crippen LogP contribution in [0.15, 0.2) is 41.3 Å². The molecule has 9 heteroatoms. The maximum Gasteiger partial charge on any atom is 0.277 e.